The molecule has 0 radical (unpaired) electrons. The highest BCUT2D eigenvalue weighted by atomic mass is 79.9. The van der Waals surface area contributed by atoms with Crippen molar-refractivity contribution in [3.63, 3.8) is 0 Å². The number of pyridine rings is 1. The summed E-state index contributed by atoms with van der Waals surface area (Å²) in [7, 11) is 1.81. The third-order valence-corrected chi connectivity index (χ3v) is 3.32. The van der Waals surface area contributed by atoms with E-state index in [9.17, 15) is 4.39 Å². The van der Waals surface area contributed by atoms with Crippen molar-refractivity contribution in [1.82, 2.24) is 25.3 Å². The van der Waals surface area contributed by atoms with Crippen molar-refractivity contribution in [3.05, 3.63) is 40.1 Å². The van der Waals surface area contributed by atoms with E-state index < -0.39 is 0 Å². The van der Waals surface area contributed by atoms with Crippen molar-refractivity contribution in [2.24, 2.45) is 7.05 Å². The van der Waals surface area contributed by atoms with E-state index >= 15 is 0 Å². The number of nitrogens with one attached hydrogen (secondary N) is 1. The average Bonchev–Trinajstić information content (AvgIpc) is 2.71. The third kappa shape index (κ3) is 3.16. The zero-order chi connectivity index (χ0) is 13.8. The summed E-state index contributed by atoms with van der Waals surface area (Å²) in [5.41, 5.74) is 1.60. The van der Waals surface area contributed by atoms with Gasteiger partial charge in [-0.2, -0.15) is 0 Å². The average molecular weight is 328 g/mol. The fourth-order valence-electron chi connectivity index (χ4n) is 1.89. The van der Waals surface area contributed by atoms with Crippen LogP contribution in [0.25, 0.3) is 0 Å². The van der Waals surface area contributed by atoms with Gasteiger partial charge in [-0.3, -0.25) is 4.98 Å². The molecule has 0 amide bonds. The van der Waals surface area contributed by atoms with Crippen LogP contribution in [0.2, 0.25) is 0 Å². The third-order valence-electron chi connectivity index (χ3n) is 2.76. The van der Waals surface area contributed by atoms with Crippen molar-refractivity contribution in [3.8, 4) is 0 Å². The molecular formula is C12H15BrFN5. The summed E-state index contributed by atoms with van der Waals surface area (Å²) in [6.45, 7) is 2.88. The Kier molecular flexibility index (Phi) is 4.60. The molecule has 2 aromatic heterocycles. The minimum atomic E-state index is -0.355. The van der Waals surface area contributed by atoms with Crippen molar-refractivity contribution in [2.45, 2.75) is 19.4 Å². The monoisotopic (exact) mass is 327 g/mol. The molecular weight excluding hydrogens is 313 g/mol. The summed E-state index contributed by atoms with van der Waals surface area (Å²) in [5, 5.41) is 11.3. The maximum Gasteiger partial charge on any atom is 0.153 e. The maximum absolute atomic E-state index is 13.4. The first-order valence-corrected chi connectivity index (χ1v) is 6.81. The van der Waals surface area contributed by atoms with Gasteiger partial charge in [0.05, 0.1) is 17.9 Å². The van der Waals surface area contributed by atoms with E-state index in [4.69, 9.17) is 0 Å². The first-order chi connectivity index (χ1) is 9.13. The lowest BCUT2D eigenvalue weighted by atomic mass is 10.1. The Morgan fingerprint density at radius 1 is 1.47 bits per heavy atom. The van der Waals surface area contributed by atoms with Crippen LogP contribution in [0, 0.1) is 5.82 Å². The number of hydrogen-bond acceptors (Lipinski definition) is 4. The topological polar surface area (TPSA) is 55.6 Å². The maximum atomic E-state index is 13.4. The Morgan fingerprint density at radius 3 is 2.84 bits per heavy atom. The van der Waals surface area contributed by atoms with Crippen LogP contribution < -0.4 is 5.32 Å². The number of rotatable bonds is 5. The molecule has 0 aliphatic heterocycles. The van der Waals surface area contributed by atoms with E-state index in [-0.39, 0.29) is 11.9 Å². The van der Waals surface area contributed by atoms with Crippen LogP contribution in [0.15, 0.2) is 23.1 Å². The van der Waals surface area contributed by atoms with Crippen LogP contribution in [-0.4, -0.2) is 26.5 Å². The Morgan fingerprint density at radius 2 is 2.26 bits per heavy atom. The summed E-state index contributed by atoms with van der Waals surface area (Å²) in [4.78, 5) is 3.90. The molecule has 1 unspecified atom stereocenters. The molecule has 1 atom stereocenters. The molecule has 0 aliphatic rings. The lowest BCUT2D eigenvalue weighted by molar-refractivity contribution is 0.542. The lowest BCUT2D eigenvalue weighted by Gasteiger charge is -2.19. The second kappa shape index (κ2) is 6.21. The zero-order valence-electron chi connectivity index (χ0n) is 10.8. The predicted molar refractivity (Wildman–Crippen MR) is 73.0 cm³/mol. The Hall–Kier alpha value is -1.34. The highest BCUT2D eigenvalue weighted by Crippen LogP contribution is 2.26. The fourth-order valence-corrected chi connectivity index (χ4v) is 2.45. The largest absolute Gasteiger partial charge is 0.305 e. The second-order valence-electron chi connectivity index (χ2n) is 4.21. The van der Waals surface area contributed by atoms with Gasteiger partial charge in [0.2, 0.25) is 0 Å². The smallest absolute Gasteiger partial charge is 0.153 e. The summed E-state index contributed by atoms with van der Waals surface area (Å²) in [6, 6.07) is 1.28. The predicted octanol–water partition coefficient (Wildman–Crippen LogP) is 2.20. The van der Waals surface area contributed by atoms with Crippen LogP contribution in [-0.2, 0) is 7.05 Å². The van der Waals surface area contributed by atoms with Gasteiger partial charge in [-0.05, 0) is 40.5 Å². The lowest BCUT2D eigenvalue weighted by Crippen LogP contribution is -2.26. The molecule has 0 saturated carbocycles. The molecule has 7 heteroatoms. The van der Waals surface area contributed by atoms with Crippen LogP contribution in [0.3, 0.4) is 0 Å². The zero-order valence-corrected chi connectivity index (χ0v) is 12.4. The van der Waals surface area contributed by atoms with E-state index in [1.165, 1.54) is 12.3 Å². The van der Waals surface area contributed by atoms with Gasteiger partial charge >= 0.3 is 0 Å². The van der Waals surface area contributed by atoms with E-state index in [0.29, 0.717) is 4.60 Å². The van der Waals surface area contributed by atoms with E-state index in [2.05, 4.69) is 43.5 Å². The van der Waals surface area contributed by atoms with Crippen LogP contribution in [0.1, 0.15) is 30.6 Å². The number of hydrogen-bond donors (Lipinski definition) is 1. The van der Waals surface area contributed by atoms with E-state index in [0.717, 1.165) is 24.2 Å². The molecule has 0 saturated heterocycles. The van der Waals surface area contributed by atoms with Crippen molar-refractivity contribution in [2.75, 3.05) is 6.54 Å². The molecule has 0 bridgehead atoms. The molecule has 0 fully saturated rings. The van der Waals surface area contributed by atoms with Crippen LogP contribution in [0.5, 0.6) is 0 Å². The molecule has 2 aromatic rings. The van der Waals surface area contributed by atoms with Gasteiger partial charge in [-0.25, -0.2) is 9.07 Å². The Balaban J connectivity index is 2.41. The van der Waals surface area contributed by atoms with Gasteiger partial charge in [-0.1, -0.05) is 12.1 Å². The normalized spacial score (nSPS) is 12.6. The number of nitrogens with zero attached hydrogens (tertiary/aromatic N) is 4. The number of aromatic nitrogens is 4. The minimum absolute atomic E-state index is 0.197. The highest BCUT2D eigenvalue weighted by Gasteiger charge is 2.22. The number of halogens is 2. The van der Waals surface area contributed by atoms with Gasteiger partial charge in [0.15, 0.2) is 4.60 Å². The van der Waals surface area contributed by atoms with Crippen molar-refractivity contribution >= 4 is 15.9 Å². The van der Waals surface area contributed by atoms with Gasteiger partial charge in [0.1, 0.15) is 5.82 Å². The Bertz CT molecular complexity index is 537. The van der Waals surface area contributed by atoms with Gasteiger partial charge in [0, 0.05) is 13.2 Å². The van der Waals surface area contributed by atoms with E-state index in [1.807, 2.05) is 0 Å². The standard InChI is InChI=1S/C12H15BrFN5/c1-3-4-16-10(8-5-9(14)7-15-6-8)11-12(13)17-18-19(11)2/h5-7,10,16H,3-4H2,1-2H3. The Labute approximate surface area is 119 Å². The van der Waals surface area contributed by atoms with Gasteiger partial charge in [-0.15, -0.1) is 5.10 Å². The minimum Gasteiger partial charge on any atom is -0.305 e. The van der Waals surface area contributed by atoms with E-state index in [1.54, 1.807) is 17.9 Å². The van der Waals surface area contributed by atoms with Crippen LogP contribution >= 0.6 is 15.9 Å². The molecule has 2 rings (SSSR count). The summed E-state index contributed by atoms with van der Waals surface area (Å²) >= 11 is 3.38. The molecule has 0 spiro atoms. The molecule has 2 heterocycles. The summed E-state index contributed by atoms with van der Waals surface area (Å²) in [5.74, 6) is -0.355. The quantitative estimate of drug-likeness (QED) is 0.914. The van der Waals surface area contributed by atoms with Gasteiger partial charge < -0.3 is 5.32 Å². The first-order valence-electron chi connectivity index (χ1n) is 6.02. The van der Waals surface area contributed by atoms with Crippen molar-refractivity contribution < 1.29 is 4.39 Å². The summed E-state index contributed by atoms with van der Waals surface area (Å²) in [6.07, 6.45) is 3.81. The second-order valence-corrected chi connectivity index (χ2v) is 4.96. The SMILES string of the molecule is CCCNC(c1cncc(F)c1)c1c(Br)nnn1C. The molecule has 5 nitrogen and oxygen atoms in total. The fraction of sp³-hybridized carbons (Fsp3) is 0.417. The van der Waals surface area contributed by atoms with Gasteiger partial charge in [0.25, 0.3) is 0 Å². The molecule has 0 aromatic carbocycles. The summed E-state index contributed by atoms with van der Waals surface area (Å²) < 4.78 is 15.7. The molecule has 0 aliphatic carbocycles. The molecule has 1 N–H and O–H groups in total. The molecule has 102 valence electrons. The number of aryl methyl sites for hydroxylation is 1. The van der Waals surface area contributed by atoms with Crippen molar-refractivity contribution in [1.29, 1.82) is 0 Å². The first kappa shape index (κ1) is 14.1. The molecule has 19 heavy (non-hydrogen) atoms. The van der Waals surface area contributed by atoms with Crippen LogP contribution in [0.4, 0.5) is 4.39 Å². The highest BCUT2D eigenvalue weighted by molar-refractivity contribution is 9.10.